The van der Waals surface area contributed by atoms with E-state index in [9.17, 15) is 9.59 Å². The lowest BCUT2D eigenvalue weighted by molar-refractivity contribution is 0.0686. The smallest absolute Gasteiger partial charge is 0.335 e. The van der Waals surface area contributed by atoms with Crippen LogP contribution in [0.15, 0.2) is 102 Å². The Morgan fingerprint density at radius 1 is 0.583 bits per heavy atom. The highest BCUT2D eigenvalue weighted by atomic mass is 31.2. The van der Waals surface area contributed by atoms with Crippen LogP contribution < -0.4 is 9.05 Å². The van der Waals surface area contributed by atoms with Crippen LogP contribution in [0, 0.1) is 0 Å². The molecule has 4 aromatic rings. The van der Waals surface area contributed by atoms with Gasteiger partial charge in [-0.05, 0) is 70.8 Å². The van der Waals surface area contributed by atoms with Crippen molar-refractivity contribution in [2.75, 3.05) is 13.7 Å². The van der Waals surface area contributed by atoms with Crippen molar-refractivity contribution >= 4 is 19.4 Å². The first kappa shape index (κ1) is 24.8. The number of hydrogen-bond acceptors (Lipinski definition) is 5. The minimum atomic E-state index is -2.61. The lowest BCUT2D eigenvalue weighted by atomic mass is 10.0. The average molecular weight is 501 g/mol. The minimum absolute atomic E-state index is 0.241. The summed E-state index contributed by atoms with van der Waals surface area (Å²) in [5.41, 5.74) is 4.15. The SMILES string of the molecule is CN=P(C)(Oc1ccc(-c2ccc(C(=O)O)cc2)cc1)Oc1ccc(-c2ccc(C(=O)O)cc2)cc1. The maximum Gasteiger partial charge on any atom is 0.335 e. The molecule has 0 bridgehead atoms. The first-order chi connectivity index (χ1) is 17.3. The lowest BCUT2D eigenvalue weighted by Gasteiger charge is -2.21. The Morgan fingerprint density at radius 2 is 0.861 bits per heavy atom. The second-order valence-electron chi connectivity index (χ2n) is 8.00. The molecule has 0 amide bonds. The van der Waals surface area contributed by atoms with Crippen molar-refractivity contribution in [3.05, 3.63) is 108 Å². The Kier molecular flexibility index (Phi) is 7.23. The molecule has 2 N–H and O–H groups in total. The summed E-state index contributed by atoms with van der Waals surface area (Å²) in [6, 6.07) is 28.3. The number of aromatic carboxylic acids is 2. The van der Waals surface area contributed by atoms with Gasteiger partial charge < -0.3 is 19.3 Å². The van der Waals surface area contributed by atoms with Crippen LogP contribution in [0.1, 0.15) is 20.7 Å². The predicted molar refractivity (Wildman–Crippen MR) is 140 cm³/mol. The number of carbonyl (C=O) groups is 2. The molecule has 0 atom stereocenters. The Balaban J connectivity index is 1.44. The molecule has 0 heterocycles. The summed E-state index contributed by atoms with van der Waals surface area (Å²) in [5, 5.41) is 18.1. The van der Waals surface area contributed by atoms with Crippen LogP contribution in [0.4, 0.5) is 0 Å². The van der Waals surface area contributed by atoms with Gasteiger partial charge in [0.2, 0.25) is 0 Å². The van der Waals surface area contributed by atoms with Crippen molar-refractivity contribution in [3.63, 3.8) is 0 Å². The van der Waals surface area contributed by atoms with Gasteiger partial charge in [0.15, 0.2) is 0 Å². The molecule has 4 aromatic carbocycles. The Morgan fingerprint density at radius 3 is 1.11 bits per heavy atom. The number of benzene rings is 4. The van der Waals surface area contributed by atoms with Gasteiger partial charge in [-0.25, -0.2) is 14.3 Å². The number of rotatable bonds is 8. The maximum atomic E-state index is 11.0. The van der Waals surface area contributed by atoms with Crippen molar-refractivity contribution < 1.29 is 28.8 Å². The topological polar surface area (TPSA) is 105 Å². The zero-order chi connectivity index (χ0) is 25.7. The van der Waals surface area contributed by atoms with Gasteiger partial charge in [0.05, 0.1) is 11.1 Å². The highest BCUT2D eigenvalue weighted by Crippen LogP contribution is 2.48. The molecule has 0 radical (unpaired) electrons. The Bertz CT molecular complexity index is 1320. The van der Waals surface area contributed by atoms with Gasteiger partial charge in [-0.3, -0.25) is 0 Å². The summed E-state index contributed by atoms with van der Waals surface area (Å²) in [6.45, 7) is 1.82. The number of carboxylic acids is 2. The van der Waals surface area contributed by atoms with E-state index >= 15 is 0 Å². The van der Waals surface area contributed by atoms with E-state index in [4.69, 9.17) is 19.3 Å². The van der Waals surface area contributed by atoms with Crippen LogP contribution in [0.5, 0.6) is 11.5 Å². The van der Waals surface area contributed by atoms with E-state index in [-0.39, 0.29) is 11.1 Å². The lowest BCUT2D eigenvalue weighted by Crippen LogP contribution is -2.00. The van der Waals surface area contributed by atoms with E-state index in [2.05, 4.69) is 4.74 Å². The van der Waals surface area contributed by atoms with E-state index in [0.29, 0.717) is 11.5 Å². The predicted octanol–water partition coefficient (Wildman–Crippen LogP) is 7.17. The summed E-state index contributed by atoms with van der Waals surface area (Å²) in [6.07, 6.45) is 0. The minimum Gasteiger partial charge on any atom is -0.478 e. The zero-order valence-corrected chi connectivity index (χ0v) is 20.6. The number of nitrogens with zero attached hydrogens (tertiary/aromatic N) is 1. The molecule has 36 heavy (non-hydrogen) atoms. The van der Waals surface area contributed by atoms with Crippen molar-refractivity contribution in [3.8, 4) is 33.8 Å². The van der Waals surface area contributed by atoms with E-state index < -0.39 is 19.4 Å². The van der Waals surface area contributed by atoms with Crippen molar-refractivity contribution in [1.82, 2.24) is 0 Å². The molecular weight excluding hydrogens is 477 g/mol. The van der Waals surface area contributed by atoms with E-state index in [1.54, 1.807) is 55.6 Å². The summed E-state index contributed by atoms with van der Waals surface area (Å²) >= 11 is 0. The second kappa shape index (κ2) is 10.5. The molecule has 0 aliphatic rings. The summed E-state index contributed by atoms with van der Waals surface area (Å²) < 4.78 is 16.7. The number of hydrogen-bond donors (Lipinski definition) is 2. The van der Waals surface area contributed by atoms with Gasteiger partial charge >= 0.3 is 19.4 Å². The van der Waals surface area contributed by atoms with E-state index in [0.717, 1.165) is 22.3 Å². The van der Waals surface area contributed by atoms with Gasteiger partial charge in [-0.1, -0.05) is 48.5 Å². The molecule has 0 aromatic heterocycles. The molecule has 0 saturated heterocycles. The van der Waals surface area contributed by atoms with Crippen LogP contribution in [-0.4, -0.2) is 35.9 Å². The fraction of sp³-hybridized carbons (Fsp3) is 0.0714. The first-order valence-electron chi connectivity index (χ1n) is 11.0. The zero-order valence-electron chi connectivity index (χ0n) is 19.7. The van der Waals surface area contributed by atoms with Crippen LogP contribution in [0.25, 0.3) is 22.3 Å². The largest absolute Gasteiger partial charge is 0.478 e. The third-order valence-electron chi connectivity index (χ3n) is 5.55. The molecule has 8 heteroatoms. The number of carboxylic acid groups (broad SMARTS) is 2. The van der Waals surface area contributed by atoms with Crippen LogP contribution >= 0.6 is 7.51 Å². The van der Waals surface area contributed by atoms with Crippen molar-refractivity contribution in [2.45, 2.75) is 0 Å². The fourth-order valence-electron chi connectivity index (χ4n) is 3.52. The summed E-state index contributed by atoms with van der Waals surface area (Å²) in [7, 11) is -0.952. The highest BCUT2D eigenvalue weighted by Gasteiger charge is 2.18. The van der Waals surface area contributed by atoms with Gasteiger partial charge in [0.25, 0.3) is 0 Å². The second-order valence-corrected chi connectivity index (χ2v) is 10.4. The van der Waals surface area contributed by atoms with Gasteiger partial charge in [-0.15, -0.1) is 0 Å². The molecule has 0 fully saturated rings. The van der Waals surface area contributed by atoms with Crippen LogP contribution in [-0.2, 0) is 0 Å². The quantitative estimate of drug-likeness (QED) is 0.248. The Labute approximate surface area is 208 Å². The van der Waals surface area contributed by atoms with Gasteiger partial charge in [0, 0.05) is 13.7 Å². The molecule has 182 valence electrons. The normalized spacial score (nSPS) is 10.9. The molecule has 0 saturated carbocycles. The maximum absolute atomic E-state index is 11.0. The molecule has 0 spiro atoms. The van der Waals surface area contributed by atoms with Crippen molar-refractivity contribution in [1.29, 1.82) is 0 Å². The summed E-state index contributed by atoms with van der Waals surface area (Å²) in [4.78, 5) is 22.1. The molecular formula is C28H24NO6P. The van der Waals surface area contributed by atoms with Crippen LogP contribution in [0.2, 0.25) is 0 Å². The first-order valence-corrected chi connectivity index (χ1v) is 13.0. The summed E-state index contributed by atoms with van der Waals surface area (Å²) in [5.74, 6) is -0.697. The fourth-order valence-corrected chi connectivity index (χ4v) is 4.74. The Hall–Kier alpha value is -4.35. The van der Waals surface area contributed by atoms with Crippen LogP contribution in [0.3, 0.4) is 0 Å². The molecule has 0 unspecified atom stereocenters. The third kappa shape index (κ3) is 5.82. The monoisotopic (exact) mass is 501 g/mol. The molecule has 7 nitrogen and oxygen atoms in total. The van der Waals surface area contributed by atoms with Gasteiger partial charge in [-0.2, -0.15) is 0 Å². The highest BCUT2D eigenvalue weighted by molar-refractivity contribution is 7.56. The third-order valence-corrected chi connectivity index (χ3v) is 7.38. The van der Waals surface area contributed by atoms with Crippen molar-refractivity contribution in [2.24, 2.45) is 4.74 Å². The molecule has 4 rings (SSSR count). The molecule has 0 aliphatic carbocycles. The van der Waals surface area contributed by atoms with E-state index in [1.165, 1.54) is 0 Å². The van der Waals surface area contributed by atoms with Gasteiger partial charge in [0.1, 0.15) is 11.5 Å². The van der Waals surface area contributed by atoms with E-state index in [1.807, 2.05) is 55.2 Å². The standard InChI is InChI=1S/C28H24NO6P/c1-29-36(2,34-25-15-11-21(12-16-25)19-3-7-23(8-4-19)27(30)31)35-26-17-13-22(14-18-26)20-5-9-24(10-6-20)28(32)33/h3-18H,1-2H3,(H,30,31)(H,32,33). The molecule has 0 aliphatic heterocycles. The average Bonchev–Trinajstić information content (AvgIpc) is 2.89.